The Bertz CT molecular complexity index is 642. The van der Waals surface area contributed by atoms with Crippen molar-refractivity contribution in [3.63, 3.8) is 0 Å². The van der Waals surface area contributed by atoms with E-state index in [0.717, 1.165) is 0 Å². The van der Waals surface area contributed by atoms with Gasteiger partial charge in [0.05, 0.1) is 0 Å². The molecule has 4 heteroatoms. The van der Waals surface area contributed by atoms with Crippen LogP contribution in [-0.4, -0.2) is 22.6 Å². The second kappa shape index (κ2) is 5.93. The maximum atomic E-state index is 12.1. The fraction of sp³-hybridized carbons (Fsp3) is 0.0625. The van der Waals surface area contributed by atoms with E-state index in [1.165, 1.54) is 24.3 Å². The Labute approximate surface area is 115 Å². The summed E-state index contributed by atoms with van der Waals surface area (Å²) in [6, 6.07) is 14.8. The highest BCUT2D eigenvalue weighted by Gasteiger charge is 2.12. The van der Waals surface area contributed by atoms with E-state index < -0.39 is 18.2 Å². The third-order valence-electron chi connectivity index (χ3n) is 2.82. The molecule has 20 heavy (non-hydrogen) atoms. The van der Waals surface area contributed by atoms with Gasteiger partial charge in [-0.25, -0.2) is 0 Å². The first-order chi connectivity index (χ1) is 9.58. The highest BCUT2D eigenvalue weighted by Crippen LogP contribution is 2.12. The molecule has 1 N–H and O–H groups in total. The number of carboxylic acid groups (broad SMARTS) is 1. The standard InChI is InChI=1S/C16H12O4/c17-14(10-15(18)19)11-6-8-13(9-7-11)16(20)12-4-2-1-3-5-12/h1-9H,10H2,(H,18,19). The summed E-state index contributed by atoms with van der Waals surface area (Å²) < 4.78 is 0. The number of carbonyl (C=O) groups excluding carboxylic acids is 2. The molecule has 100 valence electrons. The van der Waals surface area contributed by atoms with Gasteiger partial charge in [-0.1, -0.05) is 54.6 Å². The Kier molecular flexibility index (Phi) is 4.05. The summed E-state index contributed by atoms with van der Waals surface area (Å²) in [6.45, 7) is 0. The summed E-state index contributed by atoms with van der Waals surface area (Å²) in [6.07, 6.45) is -0.550. The summed E-state index contributed by atoms with van der Waals surface area (Å²) in [7, 11) is 0. The van der Waals surface area contributed by atoms with Gasteiger partial charge in [0, 0.05) is 16.7 Å². The molecule has 0 bridgehead atoms. The molecule has 0 aliphatic carbocycles. The number of ketones is 2. The van der Waals surface area contributed by atoms with Gasteiger partial charge < -0.3 is 5.11 Å². The minimum atomic E-state index is -1.17. The number of rotatable bonds is 5. The molecule has 0 saturated heterocycles. The summed E-state index contributed by atoms with van der Waals surface area (Å²) in [5.41, 5.74) is 1.32. The number of benzene rings is 2. The summed E-state index contributed by atoms with van der Waals surface area (Å²) >= 11 is 0. The second-order valence-electron chi connectivity index (χ2n) is 4.27. The Morgan fingerprint density at radius 1 is 0.750 bits per heavy atom. The highest BCUT2D eigenvalue weighted by molar-refractivity contribution is 6.10. The lowest BCUT2D eigenvalue weighted by molar-refractivity contribution is -0.135. The number of Topliss-reactive ketones (excluding diaryl/α,β-unsaturated/α-hetero) is 1. The van der Waals surface area contributed by atoms with E-state index >= 15 is 0 Å². The molecule has 0 atom stereocenters. The summed E-state index contributed by atoms with van der Waals surface area (Å²) in [5, 5.41) is 8.56. The van der Waals surface area contributed by atoms with Crippen molar-refractivity contribution in [3.05, 3.63) is 71.3 Å². The molecule has 0 aromatic heterocycles. The molecule has 0 heterocycles. The van der Waals surface area contributed by atoms with E-state index in [9.17, 15) is 14.4 Å². The van der Waals surface area contributed by atoms with Crippen LogP contribution in [0.25, 0.3) is 0 Å². The Hall–Kier alpha value is -2.75. The van der Waals surface area contributed by atoms with E-state index in [2.05, 4.69) is 0 Å². The van der Waals surface area contributed by atoms with Gasteiger partial charge >= 0.3 is 5.97 Å². The quantitative estimate of drug-likeness (QED) is 0.668. The molecule has 0 spiro atoms. The molecule has 0 aliphatic rings. The molecule has 0 amide bonds. The predicted molar refractivity (Wildman–Crippen MR) is 72.9 cm³/mol. The molecule has 0 aliphatic heterocycles. The average molecular weight is 268 g/mol. The monoisotopic (exact) mass is 268 g/mol. The SMILES string of the molecule is O=C(O)CC(=O)c1ccc(C(=O)c2ccccc2)cc1. The van der Waals surface area contributed by atoms with E-state index in [1.807, 2.05) is 6.07 Å². The van der Waals surface area contributed by atoms with Crippen LogP contribution in [0.15, 0.2) is 54.6 Å². The molecule has 4 nitrogen and oxygen atoms in total. The van der Waals surface area contributed by atoms with Gasteiger partial charge in [0.25, 0.3) is 0 Å². The van der Waals surface area contributed by atoms with Gasteiger partial charge in [-0.2, -0.15) is 0 Å². The normalized spacial score (nSPS) is 10.0. The zero-order chi connectivity index (χ0) is 14.5. The lowest BCUT2D eigenvalue weighted by atomic mass is 10.0. The molecular formula is C16H12O4. The van der Waals surface area contributed by atoms with Gasteiger partial charge in [-0.05, 0) is 0 Å². The van der Waals surface area contributed by atoms with Crippen LogP contribution in [-0.2, 0) is 4.79 Å². The van der Waals surface area contributed by atoms with E-state index in [-0.39, 0.29) is 11.3 Å². The third-order valence-corrected chi connectivity index (χ3v) is 2.82. The molecule has 2 aromatic rings. The van der Waals surface area contributed by atoms with Crippen molar-refractivity contribution in [2.75, 3.05) is 0 Å². The fourth-order valence-corrected chi connectivity index (χ4v) is 1.80. The topological polar surface area (TPSA) is 71.4 Å². The molecule has 0 radical (unpaired) electrons. The lowest BCUT2D eigenvalue weighted by Gasteiger charge is -2.02. The van der Waals surface area contributed by atoms with Crippen molar-refractivity contribution in [2.24, 2.45) is 0 Å². The molecule has 0 fully saturated rings. The minimum absolute atomic E-state index is 0.136. The van der Waals surface area contributed by atoms with Crippen LogP contribution >= 0.6 is 0 Å². The molecule has 0 unspecified atom stereocenters. The van der Waals surface area contributed by atoms with Gasteiger partial charge in [0.15, 0.2) is 11.6 Å². The maximum Gasteiger partial charge on any atom is 0.311 e. The Morgan fingerprint density at radius 3 is 1.80 bits per heavy atom. The van der Waals surface area contributed by atoms with Gasteiger partial charge in [0.2, 0.25) is 0 Å². The summed E-state index contributed by atoms with van der Waals surface area (Å²) in [4.78, 5) is 34.1. The van der Waals surface area contributed by atoms with Crippen LogP contribution in [0.1, 0.15) is 32.7 Å². The minimum Gasteiger partial charge on any atom is -0.481 e. The number of carboxylic acids is 1. The van der Waals surface area contributed by atoms with Gasteiger partial charge in [-0.3, -0.25) is 14.4 Å². The fourth-order valence-electron chi connectivity index (χ4n) is 1.80. The van der Waals surface area contributed by atoms with Crippen molar-refractivity contribution >= 4 is 17.5 Å². The van der Waals surface area contributed by atoms with Crippen molar-refractivity contribution in [2.45, 2.75) is 6.42 Å². The first-order valence-electron chi connectivity index (χ1n) is 6.03. The van der Waals surface area contributed by atoms with Gasteiger partial charge in [0.1, 0.15) is 6.42 Å². The molecule has 2 rings (SSSR count). The molecule has 0 saturated carbocycles. The van der Waals surface area contributed by atoms with Crippen molar-refractivity contribution in [3.8, 4) is 0 Å². The van der Waals surface area contributed by atoms with Crippen LogP contribution < -0.4 is 0 Å². The zero-order valence-electron chi connectivity index (χ0n) is 10.6. The van der Waals surface area contributed by atoms with E-state index in [4.69, 9.17) is 5.11 Å². The number of carbonyl (C=O) groups is 3. The first-order valence-corrected chi connectivity index (χ1v) is 6.03. The third kappa shape index (κ3) is 3.17. The smallest absolute Gasteiger partial charge is 0.311 e. The van der Waals surface area contributed by atoms with Crippen molar-refractivity contribution in [1.82, 2.24) is 0 Å². The first kappa shape index (κ1) is 13.7. The van der Waals surface area contributed by atoms with Crippen LogP contribution in [0.3, 0.4) is 0 Å². The van der Waals surface area contributed by atoms with Crippen LogP contribution in [0.2, 0.25) is 0 Å². The van der Waals surface area contributed by atoms with Crippen molar-refractivity contribution in [1.29, 1.82) is 0 Å². The van der Waals surface area contributed by atoms with Crippen LogP contribution in [0.4, 0.5) is 0 Å². The predicted octanol–water partition coefficient (Wildman–Crippen LogP) is 2.58. The number of aliphatic carboxylic acids is 1. The lowest BCUT2D eigenvalue weighted by Crippen LogP contribution is -2.07. The van der Waals surface area contributed by atoms with Gasteiger partial charge in [-0.15, -0.1) is 0 Å². The zero-order valence-corrected chi connectivity index (χ0v) is 10.6. The molecule has 2 aromatic carbocycles. The van der Waals surface area contributed by atoms with Crippen LogP contribution in [0, 0.1) is 0 Å². The second-order valence-corrected chi connectivity index (χ2v) is 4.27. The Balaban J connectivity index is 2.18. The maximum absolute atomic E-state index is 12.1. The van der Waals surface area contributed by atoms with Crippen LogP contribution in [0.5, 0.6) is 0 Å². The Morgan fingerprint density at radius 2 is 1.25 bits per heavy atom. The number of hydrogen-bond donors (Lipinski definition) is 1. The highest BCUT2D eigenvalue weighted by atomic mass is 16.4. The summed E-state index contributed by atoms with van der Waals surface area (Å²) in [5.74, 6) is -1.78. The molecular weight excluding hydrogens is 256 g/mol. The number of hydrogen-bond acceptors (Lipinski definition) is 3. The van der Waals surface area contributed by atoms with Crippen molar-refractivity contribution < 1.29 is 19.5 Å². The van der Waals surface area contributed by atoms with E-state index in [0.29, 0.717) is 11.1 Å². The average Bonchev–Trinajstić information content (AvgIpc) is 2.47. The largest absolute Gasteiger partial charge is 0.481 e. The van der Waals surface area contributed by atoms with E-state index in [1.54, 1.807) is 24.3 Å².